The second-order valence-corrected chi connectivity index (χ2v) is 7.54. The Balaban J connectivity index is 1.33. The minimum Gasteiger partial charge on any atom is -0.350 e. The zero-order chi connectivity index (χ0) is 22.0. The van der Waals surface area contributed by atoms with E-state index in [0.717, 1.165) is 5.56 Å². The zero-order valence-electron chi connectivity index (χ0n) is 16.7. The van der Waals surface area contributed by atoms with Gasteiger partial charge in [0.05, 0.1) is 11.1 Å². The summed E-state index contributed by atoms with van der Waals surface area (Å²) in [5.41, 5.74) is 1.71. The van der Waals surface area contributed by atoms with Crippen molar-refractivity contribution < 1.29 is 14.4 Å². The normalized spacial score (nSPS) is 13.9. The van der Waals surface area contributed by atoms with Gasteiger partial charge in [0.15, 0.2) is 5.82 Å². The molecular formula is C21H19ClN6O3. The summed E-state index contributed by atoms with van der Waals surface area (Å²) in [6, 6.07) is 13.2. The summed E-state index contributed by atoms with van der Waals surface area (Å²) >= 11 is 5.86. The number of nitrogens with zero attached hydrogens (tertiary/aromatic N) is 5. The van der Waals surface area contributed by atoms with Gasteiger partial charge in [-0.3, -0.25) is 19.3 Å². The lowest BCUT2D eigenvalue weighted by Gasteiger charge is -2.12. The van der Waals surface area contributed by atoms with E-state index in [0.29, 0.717) is 28.5 Å². The lowest BCUT2D eigenvalue weighted by atomic mass is 10.1. The first kappa shape index (κ1) is 20.7. The molecule has 9 nitrogen and oxygen atoms in total. The van der Waals surface area contributed by atoms with E-state index in [4.69, 9.17) is 11.6 Å². The van der Waals surface area contributed by atoms with Crippen LogP contribution in [0.4, 0.5) is 0 Å². The lowest BCUT2D eigenvalue weighted by Crippen LogP contribution is -2.32. The Morgan fingerprint density at radius 1 is 1.06 bits per heavy atom. The molecule has 1 unspecified atom stereocenters. The molecule has 1 aromatic heterocycles. The second-order valence-electron chi connectivity index (χ2n) is 7.10. The van der Waals surface area contributed by atoms with E-state index in [2.05, 4.69) is 20.7 Å². The van der Waals surface area contributed by atoms with Crippen molar-refractivity contribution >= 4 is 29.3 Å². The summed E-state index contributed by atoms with van der Waals surface area (Å²) < 4.78 is 0. The molecule has 4 rings (SSSR count). The van der Waals surface area contributed by atoms with E-state index >= 15 is 0 Å². The van der Waals surface area contributed by atoms with Gasteiger partial charge >= 0.3 is 0 Å². The van der Waals surface area contributed by atoms with Gasteiger partial charge in [0.25, 0.3) is 11.8 Å². The molecule has 31 heavy (non-hydrogen) atoms. The van der Waals surface area contributed by atoms with Crippen LogP contribution in [0.1, 0.15) is 45.1 Å². The molecule has 2 aromatic carbocycles. The summed E-state index contributed by atoms with van der Waals surface area (Å²) in [7, 11) is 0. The molecule has 1 atom stereocenters. The minimum atomic E-state index is -0.673. The number of aromatic nitrogens is 4. The number of hydrogen-bond acceptors (Lipinski definition) is 6. The van der Waals surface area contributed by atoms with Crippen LogP contribution in [0.5, 0.6) is 0 Å². The first-order valence-corrected chi connectivity index (χ1v) is 10.1. The highest BCUT2D eigenvalue weighted by molar-refractivity contribution is 6.30. The van der Waals surface area contributed by atoms with Gasteiger partial charge in [-0.05, 0) is 42.0 Å². The van der Waals surface area contributed by atoms with Crippen LogP contribution in [0.3, 0.4) is 0 Å². The molecule has 3 aromatic rings. The van der Waals surface area contributed by atoms with Crippen LogP contribution in [0.25, 0.3) is 0 Å². The highest BCUT2D eigenvalue weighted by atomic mass is 35.5. The molecule has 1 aliphatic rings. The van der Waals surface area contributed by atoms with Crippen molar-refractivity contribution in [1.82, 2.24) is 30.4 Å². The van der Waals surface area contributed by atoms with Gasteiger partial charge in [-0.2, -0.15) is 4.80 Å². The fourth-order valence-corrected chi connectivity index (χ4v) is 3.34. The van der Waals surface area contributed by atoms with Crippen molar-refractivity contribution in [2.45, 2.75) is 25.9 Å². The van der Waals surface area contributed by atoms with Crippen LogP contribution < -0.4 is 5.32 Å². The first-order chi connectivity index (χ1) is 14.9. The van der Waals surface area contributed by atoms with E-state index < -0.39 is 6.04 Å². The number of tetrazole rings is 1. The molecule has 0 saturated heterocycles. The lowest BCUT2D eigenvalue weighted by molar-refractivity contribution is -0.124. The Morgan fingerprint density at radius 2 is 1.71 bits per heavy atom. The Hall–Kier alpha value is -3.59. The Kier molecular flexibility index (Phi) is 5.77. The van der Waals surface area contributed by atoms with E-state index in [1.165, 1.54) is 9.70 Å². The van der Waals surface area contributed by atoms with Crippen molar-refractivity contribution in [2.75, 3.05) is 6.54 Å². The van der Waals surface area contributed by atoms with Gasteiger partial charge in [0.1, 0.15) is 6.04 Å². The Bertz CT molecular complexity index is 1110. The first-order valence-electron chi connectivity index (χ1n) is 9.70. The monoisotopic (exact) mass is 438 g/mol. The van der Waals surface area contributed by atoms with Gasteiger partial charge in [0.2, 0.25) is 5.91 Å². The molecule has 158 valence electrons. The number of benzene rings is 2. The number of carbonyl (C=O) groups excluding carboxylic acids is 3. The Morgan fingerprint density at radius 3 is 2.35 bits per heavy atom. The van der Waals surface area contributed by atoms with Crippen molar-refractivity contribution in [3.63, 3.8) is 0 Å². The fourth-order valence-electron chi connectivity index (χ4n) is 3.22. The Labute approximate surface area is 183 Å². The van der Waals surface area contributed by atoms with Gasteiger partial charge in [-0.25, -0.2) is 0 Å². The topological polar surface area (TPSA) is 110 Å². The van der Waals surface area contributed by atoms with Gasteiger partial charge in [-0.15, -0.1) is 10.2 Å². The van der Waals surface area contributed by atoms with Crippen LogP contribution in [0, 0.1) is 0 Å². The predicted octanol–water partition coefficient (Wildman–Crippen LogP) is 2.04. The van der Waals surface area contributed by atoms with Gasteiger partial charge in [-0.1, -0.05) is 35.9 Å². The number of hydrogen-bond donors (Lipinski definition) is 1. The molecule has 1 N–H and O–H groups in total. The number of halogens is 1. The molecular weight excluding hydrogens is 420 g/mol. The smallest absolute Gasteiger partial charge is 0.261 e. The largest absolute Gasteiger partial charge is 0.350 e. The van der Waals surface area contributed by atoms with Crippen LogP contribution in [0.15, 0.2) is 48.5 Å². The third-order valence-electron chi connectivity index (χ3n) is 5.01. The number of imide groups is 1. The molecule has 1 aliphatic heterocycles. The van der Waals surface area contributed by atoms with Crippen molar-refractivity contribution in [3.05, 3.63) is 76.1 Å². The molecule has 10 heteroatoms. The third-order valence-corrected chi connectivity index (χ3v) is 5.26. The SMILES string of the molecule is CC(C(=O)NCc1ccc(Cl)cc1)n1nnc(CCN2C(=O)c3ccccc3C2=O)n1. The number of carbonyl (C=O) groups is 3. The second kappa shape index (κ2) is 8.65. The van der Waals surface area contributed by atoms with E-state index in [1.54, 1.807) is 43.3 Å². The molecule has 0 radical (unpaired) electrons. The minimum absolute atomic E-state index is 0.134. The average molecular weight is 439 g/mol. The van der Waals surface area contributed by atoms with Crippen molar-refractivity contribution in [2.24, 2.45) is 0 Å². The van der Waals surface area contributed by atoms with Crippen LogP contribution in [-0.2, 0) is 17.8 Å². The fraction of sp³-hybridized carbons (Fsp3) is 0.238. The quantitative estimate of drug-likeness (QED) is 0.565. The summed E-state index contributed by atoms with van der Waals surface area (Å²) in [6.07, 6.45) is 0.241. The number of fused-ring (bicyclic) bond motifs is 1. The van der Waals surface area contributed by atoms with Gasteiger partial charge in [0, 0.05) is 24.5 Å². The highest BCUT2D eigenvalue weighted by Crippen LogP contribution is 2.22. The van der Waals surface area contributed by atoms with Crippen molar-refractivity contribution in [1.29, 1.82) is 0 Å². The maximum absolute atomic E-state index is 12.4. The summed E-state index contributed by atoms with van der Waals surface area (Å²) in [6.45, 7) is 2.14. The van der Waals surface area contributed by atoms with Crippen LogP contribution >= 0.6 is 11.6 Å². The van der Waals surface area contributed by atoms with Crippen molar-refractivity contribution in [3.8, 4) is 0 Å². The summed E-state index contributed by atoms with van der Waals surface area (Å²) in [5, 5.41) is 15.6. The van der Waals surface area contributed by atoms with E-state index in [1.807, 2.05) is 12.1 Å². The molecule has 0 bridgehead atoms. The number of amides is 3. The molecule has 3 amide bonds. The maximum Gasteiger partial charge on any atom is 0.261 e. The standard InChI is InChI=1S/C21H19ClN6O3/c1-13(19(29)23-12-14-6-8-15(22)9-7-14)28-25-18(24-26-28)10-11-27-20(30)16-4-2-3-5-17(16)21(27)31/h2-9,13H,10-12H2,1H3,(H,23,29). The molecule has 0 saturated carbocycles. The summed E-state index contributed by atoms with van der Waals surface area (Å²) in [5.74, 6) is -0.584. The third kappa shape index (κ3) is 4.31. The van der Waals surface area contributed by atoms with E-state index in [9.17, 15) is 14.4 Å². The molecule has 0 spiro atoms. The molecule has 0 fully saturated rings. The van der Waals surface area contributed by atoms with Crippen LogP contribution in [-0.4, -0.2) is 49.4 Å². The number of nitrogens with one attached hydrogen (secondary N) is 1. The maximum atomic E-state index is 12.4. The van der Waals surface area contributed by atoms with Crippen LogP contribution in [0.2, 0.25) is 5.02 Å². The summed E-state index contributed by atoms with van der Waals surface area (Å²) in [4.78, 5) is 39.6. The number of rotatable bonds is 7. The molecule has 0 aliphatic carbocycles. The van der Waals surface area contributed by atoms with E-state index in [-0.39, 0.29) is 30.7 Å². The average Bonchev–Trinajstić information content (AvgIpc) is 3.35. The van der Waals surface area contributed by atoms with Gasteiger partial charge < -0.3 is 5.32 Å². The predicted molar refractivity (Wildman–Crippen MR) is 111 cm³/mol. The zero-order valence-corrected chi connectivity index (χ0v) is 17.4. The highest BCUT2D eigenvalue weighted by Gasteiger charge is 2.34. The molecule has 2 heterocycles.